The summed E-state index contributed by atoms with van der Waals surface area (Å²) in [6.45, 7) is 1.61. The number of benzene rings is 3. The highest BCUT2D eigenvalue weighted by Crippen LogP contribution is 2.26. The first-order valence-electron chi connectivity index (χ1n) is 10.0. The number of aromatic nitrogens is 1. The number of carbonyl (C=O) groups excluding carboxylic acids is 2. The van der Waals surface area contributed by atoms with Crippen LogP contribution in [0.25, 0.3) is 16.6 Å². The van der Waals surface area contributed by atoms with Gasteiger partial charge in [0, 0.05) is 28.7 Å². The molecule has 4 rings (SSSR count). The van der Waals surface area contributed by atoms with Crippen LogP contribution in [-0.2, 0) is 22.4 Å². The number of para-hydroxylation sites is 1. The second kappa shape index (κ2) is 8.78. The number of ether oxygens (including phenoxy) is 1. The van der Waals surface area contributed by atoms with Gasteiger partial charge in [-0.2, -0.15) is 0 Å². The van der Waals surface area contributed by atoms with Gasteiger partial charge in [-0.3, -0.25) is 4.79 Å². The van der Waals surface area contributed by atoms with Crippen LogP contribution in [0.15, 0.2) is 72.9 Å². The second-order valence-corrected chi connectivity index (χ2v) is 7.99. The van der Waals surface area contributed by atoms with Gasteiger partial charge >= 0.3 is 5.97 Å². The van der Waals surface area contributed by atoms with Crippen LogP contribution in [0.1, 0.15) is 34.0 Å². The first-order valence-corrected chi connectivity index (χ1v) is 10.4. The van der Waals surface area contributed by atoms with E-state index in [1.165, 1.54) is 7.11 Å². The molecule has 0 saturated heterocycles. The third-order valence-corrected chi connectivity index (χ3v) is 5.55. The topological polar surface area (TPSA) is 48.3 Å². The Balaban J connectivity index is 1.70. The van der Waals surface area contributed by atoms with Crippen LogP contribution in [-0.4, -0.2) is 23.4 Å². The number of Topliss-reactive ketones (excluding diaryl/α,β-unsaturated/α-hetero) is 1. The summed E-state index contributed by atoms with van der Waals surface area (Å²) in [4.78, 5) is 23.8. The molecule has 0 saturated carbocycles. The van der Waals surface area contributed by atoms with Gasteiger partial charge in [0.25, 0.3) is 0 Å². The molecule has 0 aliphatic heterocycles. The van der Waals surface area contributed by atoms with Gasteiger partial charge in [0.15, 0.2) is 0 Å². The van der Waals surface area contributed by atoms with Gasteiger partial charge in [0.05, 0.1) is 18.2 Å². The van der Waals surface area contributed by atoms with Crippen molar-refractivity contribution < 1.29 is 14.3 Å². The monoisotopic (exact) mass is 431 g/mol. The van der Waals surface area contributed by atoms with E-state index in [0.717, 1.165) is 33.3 Å². The van der Waals surface area contributed by atoms with Gasteiger partial charge in [-0.1, -0.05) is 41.9 Å². The Morgan fingerprint density at radius 3 is 2.55 bits per heavy atom. The van der Waals surface area contributed by atoms with Crippen molar-refractivity contribution in [1.29, 1.82) is 0 Å². The third kappa shape index (κ3) is 4.39. The van der Waals surface area contributed by atoms with Crippen molar-refractivity contribution in [2.24, 2.45) is 0 Å². The van der Waals surface area contributed by atoms with Gasteiger partial charge < -0.3 is 9.30 Å². The van der Waals surface area contributed by atoms with Gasteiger partial charge in [-0.05, 0) is 66.4 Å². The molecular weight excluding hydrogens is 410 g/mol. The zero-order valence-electron chi connectivity index (χ0n) is 17.4. The number of esters is 1. The minimum Gasteiger partial charge on any atom is -0.465 e. The van der Waals surface area contributed by atoms with Crippen molar-refractivity contribution in [3.05, 3.63) is 100 Å². The molecule has 0 amide bonds. The predicted molar refractivity (Wildman–Crippen MR) is 123 cm³/mol. The summed E-state index contributed by atoms with van der Waals surface area (Å²) in [5.74, 6) is -0.262. The van der Waals surface area contributed by atoms with Crippen LogP contribution in [0, 0.1) is 0 Å². The lowest BCUT2D eigenvalue weighted by atomic mass is 9.99. The molecular formula is C26H22ClNO3. The lowest BCUT2D eigenvalue weighted by molar-refractivity contribution is -0.116. The number of hydrogen-bond acceptors (Lipinski definition) is 3. The Bertz CT molecular complexity index is 1290. The average molecular weight is 432 g/mol. The molecule has 31 heavy (non-hydrogen) atoms. The zero-order chi connectivity index (χ0) is 22.0. The summed E-state index contributed by atoms with van der Waals surface area (Å²) < 4.78 is 7.02. The molecule has 0 N–H and O–H groups in total. The lowest BCUT2D eigenvalue weighted by Crippen LogP contribution is -2.06. The molecule has 156 valence electrons. The van der Waals surface area contributed by atoms with Crippen molar-refractivity contribution in [3.63, 3.8) is 0 Å². The molecule has 0 aliphatic rings. The Morgan fingerprint density at radius 1 is 0.968 bits per heavy atom. The number of ketones is 1. The summed E-state index contributed by atoms with van der Waals surface area (Å²) >= 11 is 6.07. The summed E-state index contributed by atoms with van der Waals surface area (Å²) in [5, 5.41) is 1.59. The Morgan fingerprint density at radius 2 is 1.77 bits per heavy atom. The highest BCUT2D eigenvalue weighted by Gasteiger charge is 2.14. The zero-order valence-corrected chi connectivity index (χ0v) is 18.1. The molecule has 0 atom stereocenters. The minimum absolute atomic E-state index is 0.135. The van der Waals surface area contributed by atoms with E-state index in [1.54, 1.807) is 19.1 Å². The Labute approximate surface area is 186 Å². The van der Waals surface area contributed by atoms with Crippen LogP contribution < -0.4 is 0 Å². The smallest absolute Gasteiger partial charge is 0.338 e. The number of carbonyl (C=O) groups is 2. The van der Waals surface area contributed by atoms with Crippen LogP contribution in [0.4, 0.5) is 0 Å². The molecule has 4 nitrogen and oxygen atoms in total. The molecule has 0 bridgehead atoms. The van der Waals surface area contributed by atoms with Crippen molar-refractivity contribution in [2.45, 2.75) is 19.8 Å². The van der Waals surface area contributed by atoms with Gasteiger partial charge in [-0.25, -0.2) is 4.79 Å². The Hall–Kier alpha value is -3.37. The number of halogens is 1. The molecule has 0 unspecified atom stereocenters. The van der Waals surface area contributed by atoms with Crippen LogP contribution in [0.5, 0.6) is 0 Å². The SMILES string of the molecule is COC(=O)c1cc(Cl)ccc1Cc1ccc2c(ccn2-c2ccccc2CC(C)=O)c1. The van der Waals surface area contributed by atoms with E-state index in [1.807, 2.05) is 36.5 Å². The lowest BCUT2D eigenvalue weighted by Gasteiger charge is -2.12. The fourth-order valence-electron chi connectivity index (χ4n) is 3.90. The fourth-order valence-corrected chi connectivity index (χ4v) is 4.07. The van der Waals surface area contributed by atoms with Crippen molar-refractivity contribution in [1.82, 2.24) is 4.57 Å². The molecule has 0 spiro atoms. The summed E-state index contributed by atoms with van der Waals surface area (Å²) in [6.07, 6.45) is 3.01. The number of methoxy groups -OCH3 is 1. The number of hydrogen-bond donors (Lipinski definition) is 0. The van der Waals surface area contributed by atoms with E-state index in [2.05, 4.69) is 28.8 Å². The number of rotatable bonds is 6. The van der Waals surface area contributed by atoms with Gasteiger partial charge in [0.2, 0.25) is 0 Å². The predicted octanol–water partition coefficient (Wildman–Crippen LogP) is 5.79. The molecule has 1 aromatic heterocycles. The first-order chi connectivity index (χ1) is 15.0. The highest BCUT2D eigenvalue weighted by molar-refractivity contribution is 6.31. The van der Waals surface area contributed by atoms with Crippen molar-refractivity contribution in [2.75, 3.05) is 7.11 Å². The normalized spacial score (nSPS) is 10.9. The number of nitrogens with zero attached hydrogens (tertiary/aromatic N) is 1. The van der Waals surface area contributed by atoms with Crippen molar-refractivity contribution in [3.8, 4) is 5.69 Å². The fraction of sp³-hybridized carbons (Fsp3) is 0.154. The minimum atomic E-state index is -0.396. The van der Waals surface area contributed by atoms with E-state index in [-0.39, 0.29) is 5.78 Å². The standard InChI is InChI=1S/C26H22ClNO3/c1-17(29)13-20-5-3-4-6-24(20)28-12-11-21-15-18(7-10-25(21)28)14-19-8-9-22(27)16-23(19)26(30)31-2/h3-12,15-16H,13-14H2,1-2H3. The Kier molecular flexibility index (Phi) is 5.92. The highest BCUT2D eigenvalue weighted by atomic mass is 35.5. The maximum absolute atomic E-state index is 12.1. The van der Waals surface area contributed by atoms with E-state index < -0.39 is 5.97 Å². The van der Waals surface area contributed by atoms with E-state index in [9.17, 15) is 9.59 Å². The quantitative estimate of drug-likeness (QED) is 0.363. The molecule has 4 aromatic rings. The molecule has 1 heterocycles. The van der Waals surface area contributed by atoms with Crippen LogP contribution >= 0.6 is 11.6 Å². The molecule has 5 heteroatoms. The molecule has 0 radical (unpaired) electrons. The average Bonchev–Trinajstić information content (AvgIpc) is 3.17. The van der Waals surface area contributed by atoms with E-state index in [0.29, 0.717) is 23.4 Å². The van der Waals surface area contributed by atoms with Gasteiger partial charge in [0.1, 0.15) is 5.78 Å². The van der Waals surface area contributed by atoms with Crippen LogP contribution in [0.2, 0.25) is 5.02 Å². The maximum Gasteiger partial charge on any atom is 0.338 e. The maximum atomic E-state index is 12.1. The molecule has 3 aromatic carbocycles. The summed E-state index contributed by atoms with van der Waals surface area (Å²) in [5.41, 5.74) is 5.48. The summed E-state index contributed by atoms with van der Waals surface area (Å²) in [7, 11) is 1.37. The largest absolute Gasteiger partial charge is 0.465 e. The molecule has 0 fully saturated rings. The summed E-state index contributed by atoms with van der Waals surface area (Å²) in [6, 6.07) is 21.6. The first kappa shape index (κ1) is 20.9. The van der Waals surface area contributed by atoms with Crippen molar-refractivity contribution >= 4 is 34.3 Å². The number of fused-ring (bicyclic) bond motifs is 1. The van der Waals surface area contributed by atoms with E-state index in [4.69, 9.17) is 16.3 Å². The van der Waals surface area contributed by atoms with E-state index >= 15 is 0 Å². The molecule has 0 aliphatic carbocycles. The van der Waals surface area contributed by atoms with Crippen LogP contribution in [0.3, 0.4) is 0 Å². The van der Waals surface area contributed by atoms with Gasteiger partial charge in [-0.15, -0.1) is 0 Å². The third-order valence-electron chi connectivity index (χ3n) is 5.32. The second-order valence-electron chi connectivity index (χ2n) is 7.56.